The topological polar surface area (TPSA) is 40.5 Å². The third-order valence-electron chi connectivity index (χ3n) is 3.21. The summed E-state index contributed by atoms with van der Waals surface area (Å²) >= 11 is 1.70. The van der Waals surface area contributed by atoms with Gasteiger partial charge in [0.15, 0.2) is 0 Å². The van der Waals surface area contributed by atoms with Crippen LogP contribution in [0, 0.1) is 5.92 Å². The summed E-state index contributed by atoms with van der Waals surface area (Å²) < 4.78 is 1.24. The Labute approximate surface area is 111 Å². The van der Waals surface area contributed by atoms with Crippen LogP contribution in [0.15, 0.2) is 29.6 Å². The summed E-state index contributed by atoms with van der Waals surface area (Å²) in [6.45, 7) is 2.46. The first-order valence-electron chi connectivity index (χ1n) is 6.03. The zero-order valence-corrected chi connectivity index (χ0v) is 11.4. The molecule has 2 aromatic rings. The molecule has 0 aliphatic carbocycles. The van der Waals surface area contributed by atoms with Crippen LogP contribution in [-0.2, 0) is 4.79 Å². The van der Waals surface area contributed by atoms with E-state index in [4.69, 9.17) is 5.11 Å². The fraction of sp³-hybridized carbons (Fsp3) is 0.357. The second-order valence-corrected chi connectivity index (χ2v) is 5.35. The second-order valence-electron chi connectivity index (χ2n) is 4.44. The molecular formula is C14H17NO2S. The molecule has 0 aliphatic rings. The third kappa shape index (κ3) is 2.48. The Balaban J connectivity index is 2.23. The molecule has 0 saturated carbocycles. The van der Waals surface area contributed by atoms with Gasteiger partial charge in [0.1, 0.15) is 0 Å². The lowest BCUT2D eigenvalue weighted by Gasteiger charge is -2.22. The molecule has 2 rings (SSSR count). The van der Waals surface area contributed by atoms with Crippen LogP contribution in [0.3, 0.4) is 0 Å². The highest BCUT2D eigenvalue weighted by Gasteiger charge is 2.18. The molecule has 18 heavy (non-hydrogen) atoms. The molecule has 1 unspecified atom stereocenters. The maximum absolute atomic E-state index is 11.1. The fourth-order valence-corrected chi connectivity index (χ4v) is 3.07. The molecular weight excluding hydrogens is 246 g/mol. The molecule has 0 radical (unpaired) electrons. The molecule has 3 nitrogen and oxygen atoms in total. The van der Waals surface area contributed by atoms with Crippen LogP contribution < -0.4 is 4.90 Å². The quantitative estimate of drug-likeness (QED) is 0.898. The average molecular weight is 263 g/mol. The smallest absolute Gasteiger partial charge is 0.308 e. The van der Waals surface area contributed by atoms with Gasteiger partial charge in [0.25, 0.3) is 0 Å². The standard InChI is InChI=1S/C14H17NO2S/c1-3-10(14(16)17)8-15(2)12-9-18-13-7-5-4-6-11(12)13/h4-7,9-10H,3,8H2,1-2H3,(H,16,17). The van der Waals surface area contributed by atoms with Gasteiger partial charge in [-0.3, -0.25) is 4.79 Å². The van der Waals surface area contributed by atoms with E-state index in [0.29, 0.717) is 13.0 Å². The van der Waals surface area contributed by atoms with Crippen molar-refractivity contribution in [2.75, 3.05) is 18.5 Å². The predicted molar refractivity (Wildman–Crippen MR) is 76.5 cm³/mol. The van der Waals surface area contributed by atoms with Crippen molar-refractivity contribution in [1.29, 1.82) is 0 Å². The van der Waals surface area contributed by atoms with Gasteiger partial charge in [0.05, 0.1) is 11.6 Å². The SMILES string of the molecule is CCC(CN(C)c1csc2ccccc12)C(=O)O. The molecule has 1 aromatic carbocycles. The van der Waals surface area contributed by atoms with Gasteiger partial charge in [-0.2, -0.15) is 0 Å². The Bertz CT molecular complexity index is 549. The molecule has 0 bridgehead atoms. The number of hydrogen-bond acceptors (Lipinski definition) is 3. The van der Waals surface area contributed by atoms with Crippen molar-refractivity contribution in [3.05, 3.63) is 29.6 Å². The summed E-state index contributed by atoms with van der Waals surface area (Å²) in [6.07, 6.45) is 0.655. The molecule has 1 atom stereocenters. The van der Waals surface area contributed by atoms with E-state index < -0.39 is 5.97 Å². The van der Waals surface area contributed by atoms with Crippen LogP contribution in [0.5, 0.6) is 0 Å². The lowest BCUT2D eigenvalue weighted by Crippen LogP contribution is -2.29. The predicted octanol–water partition coefficient (Wildman–Crippen LogP) is 3.45. The van der Waals surface area contributed by atoms with Crippen molar-refractivity contribution in [3.63, 3.8) is 0 Å². The van der Waals surface area contributed by atoms with Gasteiger partial charge in [0.2, 0.25) is 0 Å². The summed E-state index contributed by atoms with van der Waals surface area (Å²) in [7, 11) is 1.96. The van der Waals surface area contributed by atoms with Gasteiger partial charge in [-0.25, -0.2) is 0 Å². The molecule has 1 N–H and O–H groups in total. The highest BCUT2D eigenvalue weighted by molar-refractivity contribution is 7.17. The number of hydrogen-bond donors (Lipinski definition) is 1. The van der Waals surface area contributed by atoms with Crippen molar-refractivity contribution < 1.29 is 9.90 Å². The van der Waals surface area contributed by atoms with Crippen molar-refractivity contribution in [2.24, 2.45) is 5.92 Å². The summed E-state index contributed by atoms with van der Waals surface area (Å²) in [4.78, 5) is 13.1. The molecule has 0 amide bonds. The van der Waals surface area contributed by atoms with Crippen LogP contribution in [0.25, 0.3) is 10.1 Å². The normalized spacial score (nSPS) is 12.6. The van der Waals surface area contributed by atoms with E-state index in [1.165, 1.54) is 10.1 Å². The van der Waals surface area contributed by atoms with Crippen LogP contribution in [0.2, 0.25) is 0 Å². The lowest BCUT2D eigenvalue weighted by molar-refractivity contribution is -0.141. The molecule has 0 fully saturated rings. The average Bonchev–Trinajstić information content (AvgIpc) is 2.79. The van der Waals surface area contributed by atoms with Crippen molar-refractivity contribution in [1.82, 2.24) is 0 Å². The fourth-order valence-electron chi connectivity index (χ4n) is 2.07. The molecule has 0 aliphatic heterocycles. The minimum atomic E-state index is -0.719. The molecule has 0 saturated heterocycles. The number of carboxylic acids is 1. The van der Waals surface area contributed by atoms with Gasteiger partial charge in [-0.15, -0.1) is 11.3 Å². The van der Waals surface area contributed by atoms with E-state index in [2.05, 4.69) is 17.5 Å². The first-order valence-corrected chi connectivity index (χ1v) is 6.91. The number of benzene rings is 1. The first kappa shape index (κ1) is 12.9. The van der Waals surface area contributed by atoms with E-state index >= 15 is 0 Å². The van der Waals surface area contributed by atoms with Crippen LogP contribution in [-0.4, -0.2) is 24.7 Å². The second kappa shape index (κ2) is 5.40. The van der Waals surface area contributed by atoms with Crippen LogP contribution >= 0.6 is 11.3 Å². The zero-order chi connectivity index (χ0) is 13.1. The number of aliphatic carboxylic acids is 1. The van der Waals surface area contributed by atoms with Crippen molar-refractivity contribution in [2.45, 2.75) is 13.3 Å². The first-order chi connectivity index (χ1) is 8.63. The largest absolute Gasteiger partial charge is 0.481 e. The molecule has 0 spiro atoms. The van der Waals surface area contributed by atoms with E-state index in [0.717, 1.165) is 5.69 Å². The Morgan fingerprint density at radius 1 is 1.44 bits per heavy atom. The van der Waals surface area contributed by atoms with E-state index in [1.807, 2.05) is 31.0 Å². The van der Waals surface area contributed by atoms with Gasteiger partial charge in [-0.1, -0.05) is 25.1 Å². The number of carboxylic acid groups (broad SMARTS) is 1. The van der Waals surface area contributed by atoms with Gasteiger partial charge < -0.3 is 10.0 Å². The highest BCUT2D eigenvalue weighted by Crippen LogP contribution is 2.32. The Morgan fingerprint density at radius 2 is 2.17 bits per heavy atom. The van der Waals surface area contributed by atoms with Crippen LogP contribution in [0.4, 0.5) is 5.69 Å². The third-order valence-corrected chi connectivity index (χ3v) is 4.16. The summed E-state index contributed by atoms with van der Waals surface area (Å²) in [5.41, 5.74) is 1.12. The maximum atomic E-state index is 11.1. The van der Waals surface area contributed by atoms with E-state index in [9.17, 15) is 4.79 Å². The lowest BCUT2D eigenvalue weighted by atomic mass is 10.1. The highest BCUT2D eigenvalue weighted by atomic mass is 32.1. The zero-order valence-electron chi connectivity index (χ0n) is 10.6. The van der Waals surface area contributed by atoms with E-state index in [1.54, 1.807) is 11.3 Å². The Kier molecular flexibility index (Phi) is 3.87. The number of anilines is 1. The number of fused-ring (bicyclic) bond motifs is 1. The monoisotopic (exact) mass is 263 g/mol. The summed E-state index contributed by atoms with van der Waals surface area (Å²) in [5.74, 6) is -1.03. The number of thiophene rings is 1. The molecule has 1 aromatic heterocycles. The van der Waals surface area contributed by atoms with Gasteiger partial charge >= 0.3 is 5.97 Å². The van der Waals surface area contributed by atoms with Crippen LogP contribution in [0.1, 0.15) is 13.3 Å². The summed E-state index contributed by atoms with van der Waals surface area (Å²) in [6, 6.07) is 8.21. The number of nitrogens with zero attached hydrogens (tertiary/aromatic N) is 1. The summed E-state index contributed by atoms with van der Waals surface area (Å²) in [5, 5.41) is 12.4. The maximum Gasteiger partial charge on any atom is 0.308 e. The number of carbonyl (C=O) groups is 1. The van der Waals surface area contributed by atoms with Crippen molar-refractivity contribution in [3.8, 4) is 0 Å². The molecule has 1 heterocycles. The number of rotatable bonds is 5. The Hall–Kier alpha value is -1.55. The van der Waals surface area contributed by atoms with Gasteiger partial charge in [-0.05, 0) is 12.5 Å². The van der Waals surface area contributed by atoms with Crippen molar-refractivity contribution >= 4 is 33.1 Å². The van der Waals surface area contributed by atoms with Gasteiger partial charge in [0, 0.05) is 29.1 Å². The minimum Gasteiger partial charge on any atom is -0.481 e. The minimum absolute atomic E-state index is 0.311. The Morgan fingerprint density at radius 3 is 2.83 bits per heavy atom. The molecule has 4 heteroatoms. The van der Waals surface area contributed by atoms with E-state index in [-0.39, 0.29) is 5.92 Å². The molecule has 96 valence electrons.